The van der Waals surface area contributed by atoms with Gasteiger partial charge < -0.3 is 4.98 Å². The summed E-state index contributed by atoms with van der Waals surface area (Å²) in [6.45, 7) is 15.3. The third kappa shape index (κ3) is 6.77. The molecule has 4 nitrogen and oxygen atoms in total. The van der Waals surface area contributed by atoms with Crippen molar-refractivity contribution in [3.05, 3.63) is 89.0 Å². The smallest absolute Gasteiger partial charge is 0.112 e. The molecule has 1 unspecified atom stereocenters. The minimum atomic E-state index is 0. The first-order valence-electron chi connectivity index (χ1n) is 11.5. The van der Waals surface area contributed by atoms with Gasteiger partial charge in [-0.1, -0.05) is 81.4 Å². The van der Waals surface area contributed by atoms with Crippen LogP contribution in [0.15, 0.2) is 60.7 Å². The molecule has 1 aromatic heterocycles. The van der Waals surface area contributed by atoms with E-state index in [1.807, 2.05) is 0 Å². The lowest BCUT2D eigenvalue weighted by Gasteiger charge is -2.41. The van der Waals surface area contributed by atoms with Crippen LogP contribution < -0.4 is 0 Å². The van der Waals surface area contributed by atoms with Gasteiger partial charge in [-0.2, -0.15) is 0 Å². The number of benzene rings is 2. The fourth-order valence-electron chi connectivity index (χ4n) is 4.68. The lowest BCUT2D eigenvalue weighted by Crippen LogP contribution is -2.48. The molecule has 3 aromatic rings. The first-order chi connectivity index (χ1) is 14.8. The molecule has 2 heterocycles. The molecule has 34 heavy (non-hydrogen) atoms. The number of aryl methyl sites for hydroxylation is 1. The lowest BCUT2D eigenvalue weighted by atomic mass is 9.96. The van der Waals surface area contributed by atoms with Crippen molar-refractivity contribution in [2.75, 3.05) is 26.2 Å². The maximum absolute atomic E-state index is 4.99. The van der Waals surface area contributed by atoms with Crippen molar-refractivity contribution in [1.82, 2.24) is 19.8 Å². The summed E-state index contributed by atoms with van der Waals surface area (Å²) in [4.78, 5) is 13.7. The van der Waals surface area contributed by atoms with Gasteiger partial charge in [0.25, 0.3) is 0 Å². The Labute approximate surface area is 223 Å². The van der Waals surface area contributed by atoms with Crippen molar-refractivity contribution in [3.63, 3.8) is 0 Å². The molecule has 0 saturated carbocycles. The molecule has 0 bridgehead atoms. The zero-order chi connectivity index (χ0) is 22.0. The molecule has 1 N–H and O–H groups in total. The molecule has 4 rings (SSSR count). The normalized spacial score (nSPS) is 15.7. The molecule has 0 amide bonds. The standard InChI is InChI=1S/C27H36N4.3ClH/c1-20-24(29-26(28-20)27(3,4)5)21(2)30-16-18-31(19-17-30)25(22-12-8-6-9-13-22)23-14-10-7-11-15-23;;;/h6-15,21,25H,16-19H2,1-5H3,(H,28,29);3*1H. The van der Waals surface area contributed by atoms with Crippen LogP contribution in [-0.4, -0.2) is 45.9 Å². The van der Waals surface area contributed by atoms with Crippen molar-refractivity contribution in [2.24, 2.45) is 0 Å². The van der Waals surface area contributed by atoms with Gasteiger partial charge >= 0.3 is 0 Å². The Morgan fingerprint density at radius 2 is 1.21 bits per heavy atom. The first kappa shape index (κ1) is 30.5. The van der Waals surface area contributed by atoms with Crippen LogP contribution in [0.1, 0.15) is 68.1 Å². The number of aromatic nitrogens is 2. The second-order valence-electron chi connectivity index (χ2n) is 9.82. The van der Waals surface area contributed by atoms with Gasteiger partial charge in [0.15, 0.2) is 0 Å². The molecule has 1 fully saturated rings. The van der Waals surface area contributed by atoms with E-state index in [1.54, 1.807) is 0 Å². The number of piperazine rings is 1. The zero-order valence-corrected chi connectivity index (χ0v) is 23.3. The van der Waals surface area contributed by atoms with Crippen molar-refractivity contribution in [3.8, 4) is 0 Å². The molecule has 188 valence electrons. The van der Waals surface area contributed by atoms with Crippen molar-refractivity contribution in [2.45, 2.75) is 52.1 Å². The van der Waals surface area contributed by atoms with Crippen molar-refractivity contribution >= 4 is 37.2 Å². The quantitative estimate of drug-likeness (QED) is 0.400. The molecular formula is C27H39Cl3N4. The number of halogens is 3. The highest BCUT2D eigenvalue weighted by Crippen LogP contribution is 2.32. The van der Waals surface area contributed by atoms with Crippen molar-refractivity contribution < 1.29 is 0 Å². The number of rotatable bonds is 5. The third-order valence-corrected chi connectivity index (χ3v) is 6.52. The van der Waals surface area contributed by atoms with Gasteiger partial charge in [-0.25, -0.2) is 4.98 Å². The topological polar surface area (TPSA) is 35.2 Å². The summed E-state index contributed by atoms with van der Waals surface area (Å²) in [6, 6.07) is 22.5. The average Bonchev–Trinajstić information content (AvgIpc) is 3.18. The van der Waals surface area contributed by atoms with E-state index < -0.39 is 0 Å². The van der Waals surface area contributed by atoms with Crippen LogP contribution in [0, 0.1) is 6.92 Å². The SMILES string of the molecule is Cc1[nH]c(C(C)(C)C)nc1C(C)N1CCN(C(c2ccccc2)c2ccccc2)CC1.Cl.Cl.Cl. The van der Waals surface area contributed by atoms with Crippen LogP contribution >= 0.6 is 37.2 Å². The van der Waals surface area contributed by atoms with E-state index >= 15 is 0 Å². The molecule has 7 heteroatoms. The van der Waals surface area contributed by atoms with E-state index in [-0.39, 0.29) is 42.6 Å². The largest absolute Gasteiger partial charge is 0.345 e. The third-order valence-electron chi connectivity index (χ3n) is 6.52. The number of nitrogens with one attached hydrogen (secondary N) is 1. The Kier molecular flexibility index (Phi) is 11.6. The van der Waals surface area contributed by atoms with Crippen LogP contribution in [0.2, 0.25) is 0 Å². The number of H-pyrrole nitrogens is 1. The first-order valence-corrected chi connectivity index (χ1v) is 11.5. The number of hydrogen-bond donors (Lipinski definition) is 1. The van der Waals surface area contributed by atoms with Crippen molar-refractivity contribution in [1.29, 1.82) is 0 Å². The second kappa shape index (κ2) is 12.9. The van der Waals surface area contributed by atoms with Crippen LogP contribution in [-0.2, 0) is 5.41 Å². The number of nitrogens with zero attached hydrogens (tertiary/aromatic N) is 3. The Bertz CT molecular complexity index is 939. The van der Waals surface area contributed by atoms with Crippen LogP contribution in [0.25, 0.3) is 0 Å². The maximum atomic E-state index is 4.99. The van der Waals surface area contributed by atoms with Crippen LogP contribution in [0.5, 0.6) is 0 Å². The summed E-state index contributed by atoms with van der Waals surface area (Å²) in [7, 11) is 0. The van der Waals surface area contributed by atoms with Gasteiger partial charge in [0.2, 0.25) is 0 Å². The monoisotopic (exact) mass is 524 g/mol. The zero-order valence-electron chi connectivity index (χ0n) is 20.8. The molecule has 1 saturated heterocycles. The number of aromatic amines is 1. The summed E-state index contributed by atoms with van der Waals surface area (Å²) in [5, 5.41) is 0. The number of hydrogen-bond acceptors (Lipinski definition) is 3. The molecule has 0 spiro atoms. The summed E-state index contributed by atoms with van der Waals surface area (Å²) in [5.74, 6) is 1.08. The van der Waals surface area contributed by atoms with Crippen LogP contribution in [0.3, 0.4) is 0 Å². The van der Waals surface area contributed by atoms with E-state index in [4.69, 9.17) is 4.98 Å². The Hall–Kier alpha value is -1.56. The highest BCUT2D eigenvalue weighted by Gasteiger charge is 2.30. The van der Waals surface area contributed by atoms with Gasteiger partial charge in [-0.3, -0.25) is 9.80 Å². The van der Waals surface area contributed by atoms with E-state index in [2.05, 4.69) is 110 Å². The van der Waals surface area contributed by atoms with E-state index in [0.29, 0.717) is 12.1 Å². The number of imidazole rings is 1. The molecule has 0 radical (unpaired) electrons. The Morgan fingerprint density at radius 3 is 1.62 bits per heavy atom. The minimum Gasteiger partial charge on any atom is -0.345 e. The Balaban J connectivity index is 0.00000193. The fourth-order valence-corrected chi connectivity index (χ4v) is 4.68. The Morgan fingerprint density at radius 1 is 0.765 bits per heavy atom. The lowest BCUT2D eigenvalue weighted by molar-refractivity contribution is 0.0825. The van der Waals surface area contributed by atoms with E-state index in [1.165, 1.54) is 22.5 Å². The van der Waals surface area contributed by atoms with Gasteiger partial charge in [0.1, 0.15) is 5.82 Å². The average molecular weight is 526 g/mol. The van der Waals surface area contributed by atoms with Gasteiger partial charge in [0, 0.05) is 37.3 Å². The second-order valence-corrected chi connectivity index (χ2v) is 9.82. The maximum Gasteiger partial charge on any atom is 0.112 e. The summed E-state index contributed by atoms with van der Waals surface area (Å²) in [5.41, 5.74) is 5.17. The van der Waals surface area contributed by atoms with Gasteiger partial charge in [-0.15, -0.1) is 37.2 Å². The fraction of sp³-hybridized carbons (Fsp3) is 0.444. The predicted molar refractivity (Wildman–Crippen MR) is 150 cm³/mol. The molecule has 1 atom stereocenters. The predicted octanol–water partition coefficient (Wildman–Crippen LogP) is 6.75. The molecule has 1 aliphatic rings. The molecular weight excluding hydrogens is 487 g/mol. The molecule has 2 aromatic carbocycles. The highest BCUT2D eigenvalue weighted by atomic mass is 35.5. The highest BCUT2D eigenvalue weighted by molar-refractivity contribution is 5.86. The minimum absolute atomic E-state index is 0. The van der Waals surface area contributed by atoms with Crippen LogP contribution in [0.4, 0.5) is 0 Å². The summed E-state index contributed by atoms with van der Waals surface area (Å²) < 4.78 is 0. The van der Waals surface area contributed by atoms with E-state index in [9.17, 15) is 0 Å². The summed E-state index contributed by atoms with van der Waals surface area (Å²) in [6.07, 6.45) is 0. The molecule has 1 aliphatic heterocycles. The van der Waals surface area contributed by atoms with Gasteiger partial charge in [0.05, 0.1) is 17.8 Å². The van der Waals surface area contributed by atoms with Gasteiger partial charge in [-0.05, 0) is 25.0 Å². The molecule has 0 aliphatic carbocycles. The summed E-state index contributed by atoms with van der Waals surface area (Å²) >= 11 is 0. The van der Waals surface area contributed by atoms with E-state index in [0.717, 1.165) is 32.0 Å².